The van der Waals surface area contributed by atoms with E-state index in [1.54, 1.807) is 0 Å². The van der Waals surface area contributed by atoms with Crippen LogP contribution in [0.3, 0.4) is 0 Å². The number of thioether (sulfide) groups is 1. The normalized spacial score (nSPS) is 25.9. The van der Waals surface area contributed by atoms with Gasteiger partial charge in [0, 0.05) is 11.7 Å². The molecule has 1 rings (SSSR count). The van der Waals surface area contributed by atoms with E-state index in [9.17, 15) is 0 Å². The maximum absolute atomic E-state index is 5.15. The molecule has 0 bridgehead atoms. The predicted molar refractivity (Wildman–Crippen MR) is 43.5 cm³/mol. The molecule has 9 heavy (non-hydrogen) atoms. The van der Waals surface area contributed by atoms with Crippen molar-refractivity contribution in [3.8, 4) is 12.3 Å². The van der Waals surface area contributed by atoms with E-state index in [2.05, 4.69) is 17.7 Å². The van der Waals surface area contributed by atoms with Crippen LogP contribution in [0.25, 0.3) is 0 Å². The van der Waals surface area contributed by atoms with Crippen molar-refractivity contribution in [2.75, 3.05) is 5.75 Å². The van der Waals surface area contributed by atoms with Gasteiger partial charge in [-0.15, -0.1) is 12.3 Å². The van der Waals surface area contributed by atoms with Gasteiger partial charge in [0.2, 0.25) is 0 Å². The lowest BCUT2D eigenvalue weighted by molar-refractivity contribution is 0.732. The summed E-state index contributed by atoms with van der Waals surface area (Å²) < 4.78 is 0. The lowest BCUT2D eigenvalue weighted by atomic mass is 10.2. The summed E-state index contributed by atoms with van der Waals surface area (Å²) >= 11 is 2.09. The van der Waals surface area contributed by atoms with Gasteiger partial charge in [-0.2, -0.15) is 11.8 Å². The molecule has 0 aromatic heterocycles. The second-order valence-corrected chi connectivity index (χ2v) is 3.79. The molecule has 0 amide bonds. The molecule has 1 heterocycles. The molecule has 0 aromatic carbocycles. The van der Waals surface area contributed by atoms with E-state index < -0.39 is 0 Å². The lowest BCUT2D eigenvalue weighted by Gasteiger charge is -2.02. The van der Waals surface area contributed by atoms with Crippen molar-refractivity contribution in [3.05, 3.63) is 0 Å². The summed E-state index contributed by atoms with van der Waals surface area (Å²) in [4.78, 5) is 0. The molecule has 1 atom stereocenters. The molecule has 1 saturated heterocycles. The maximum Gasteiger partial charge on any atom is 0.00965 e. The van der Waals surface area contributed by atoms with E-state index in [0.29, 0.717) is 0 Å². The molecule has 1 unspecified atom stereocenters. The van der Waals surface area contributed by atoms with Crippen LogP contribution in [0.1, 0.15) is 25.7 Å². The number of rotatable bonds is 2. The summed E-state index contributed by atoms with van der Waals surface area (Å²) in [6.07, 6.45) is 10.2. The van der Waals surface area contributed by atoms with Crippen molar-refractivity contribution >= 4 is 11.8 Å². The topological polar surface area (TPSA) is 0 Å². The summed E-state index contributed by atoms with van der Waals surface area (Å²) in [5.41, 5.74) is 0. The van der Waals surface area contributed by atoms with Crippen LogP contribution >= 0.6 is 11.8 Å². The van der Waals surface area contributed by atoms with Crippen LogP contribution in [0.15, 0.2) is 0 Å². The lowest BCUT2D eigenvalue weighted by Crippen LogP contribution is -1.93. The fourth-order valence-corrected chi connectivity index (χ4v) is 2.40. The first-order valence-corrected chi connectivity index (χ1v) is 4.53. The van der Waals surface area contributed by atoms with Gasteiger partial charge in [-0.25, -0.2) is 0 Å². The zero-order chi connectivity index (χ0) is 6.53. The van der Waals surface area contributed by atoms with Gasteiger partial charge in [-0.1, -0.05) is 0 Å². The van der Waals surface area contributed by atoms with Gasteiger partial charge in [-0.05, 0) is 25.0 Å². The average molecular weight is 140 g/mol. The van der Waals surface area contributed by atoms with Crippen LogP contribution in [-0.2, 0) is 0 Å². The fraction of sp³-hybridized carbons (Fsp3) is 0.750. The standard InChI is InChI=1S/C8H12S/c1-2-3-5-8-6-4-7-9-8/h1,8H,3-7H2. The molecular weight excluding hydrogens is 128 g/mol. The van der Waals surface area contributed by atoms with Crippen molar-refractivity contribution in [1.29, 1.82) is 0 Å². The highest BCUT2D eigenvalue weighted by Crippen LogP contribution is 2.29. The quantitative estimate of drug-likeness (QED) is 0.530. The molecule has 50 valence electrons. The third-order valence-corrected chi connectivity index (χ3v) is 3.10. The molecule has 0 nitrogen and oxygen atoms in total. The Morgan fingerprint density at radius 3 is 3.11 bits per heavy atom. The van der Waals surface area contributed by atoms with Crippen molar-refractivity contribution in [2.24, 2.45) is 0 Å². The minimum absolute atomic E-state index is 0.890. The second kappa shape index (κ2) is 3.85. The zero-order valence-corrected chi connectivity index (χ0v) is 6.41. The Kier molecular flexibility index (Phi) is 3.00. The van der Waals surface area contributed by atoms with E-state index in [-0.39, 0.29) is 0 Å². The molecule has 0 radical (unpaired) electrons. The first kappa shape index (κ1) is 7.02. The molecule has 1 aliphatic rings. The number of terminal acetylenes is 1. The third-order valence-electron chi connectivity index (χ3n) is 1.63. The average Bonchev–Trinajstić information content (AvgIpc) is 2.34. The predicted octanol–water partition coefficient (Wildman–Crippen LogP) is 2.30. The van der Waals surface area contributed by atoms with Gasteiger partial charge in [0.25, 0.3) is 0 Å². The summed E-state index contributed by atoms with van der Waals surface area (Å²) in [5, 5.41) is 0.890. The molecule has 1 heteroatoms. The van der Waals surface area contributed by atoms with Crippen LogP contribution in [-0.4, -0.2) is 11.0 Å². The van der Waals surface area contributed by atoms with E-state index in [1.807, 2.05) is 0 Å². The van der Waals surface area contributed by atoms with Crippen molar-refractivity contribution < 1.29 is 0 Å². The molecule has 0 aromatic rings. The smallest absolute Gasteiger partial charge is 0.00965 e. The van der Waals surface area contributed by atoms with E-state index in [4.69, 9.17) is 6.42 Å². The Bertz CT molecular complexity index is 106. The van der Waals surface area contributed by atoms with Gasteiger partial charge in [-0.3, -0.25) is 0 Å². The second-order valence-electron chi connectivity index (χ2n) is 2.38. The molecular formula is C8H12S. The Balaban J connectivity index is 2.06. The van der Waals surface area contributed by atoms with Crippen LogP contribution in [0.2, 0.25) is 0 Å². The Morgan fingerprint density at radius 1 is 1.67 bits per heavy atom. The summed E-state index contributed by atoms with van der Waals surface area (Å²) in [7, 11) is 0. The SMILES string of the molecule is C#CCCC1CCCS1. The summed E-state index contributed by atoms with van der Waals surface area (Å²) in [6, 6.07) is 0. The summed E-state index contributed by atoms with van der Waals surface area (Å²) in [5.74, 6) is 4.04. The molecule has 0 aliphatic carbocycles. The molecule has 0 saturated carbocycles. The van der Waals surface area contributed by atoms with E-state index >= 15 is 0 Å². The van der Waals surface area contributed by atoms with E-state index in [0.717, 1.165) is 11.7 Å². The highest BCUT2D eigenvalue weighted by atomic mass is 32.2. The van der Waals surface area contributed by atoms with Crippen molar-refractivity contribution in [2.45, 2.75) is 30.9 Å². The van der Waals surface area contributed by atoms with Gasteiger partial charge in [0.15, 0.2) is 0 Å². The third kappa shape index (κ3) is 2.32. The Hall–Kier alpha value is -0.0900. The number of hydrogen-bond acceptors (Lipinski definition) is 1. The Morgan fingerprint density at radius 2 is 2.56 bits per heavy atom. The zero-order valence-electron chi connectivity index (χ0n) is 5.60. The number of hydrogen-bond donors (Lipinski definition) is 0. The molecule has 1 aliphatic heterocycles. The minimum Gasteiger partial charge on any atom is -0.159 e. The highest BCUT2D eigenvalue weighted by molar-refractivity contribution is 8.00. The first-order chi connectivity index (χ1) is 4.43. The van der Waals surface area contributed by atoms with Gasteiger partial charge in [0.1, 0.15) is 0 Å². The molecule has 0 spiro atoms. The van der Waals surface area contributed by atoms with Crippen LogP contribution in [0.5, 0.6) is 0 Å². The van der Waals surface area contributed by atoms with E-state index in [1.165, 1.54) is 25.0 Å². The summed E-state index contributed by atoms with van der Waals surface area (Å²) in [6.45, 7) is 0. The van der Waals surface area contributed by atoms with Crippen LogP contribution < -0.4 is 0 Å². The van der Waals surface area contributed by atoms with Gasteiger partial charge < -0.3 is 0 Å². The Labute approximate surface area is 61.4 Å². The minimum atomic E-state index is 0.890. The van der Waals surface area contributed by atoms with Crippen molar-refractivity contribution in [1.82, 2.24) is 0 Å². The van der Waals surface area contributed by atoms with Crippen LogP contribution in [0, 0.1) is 12.3 Å². The maximum atomic E-state index is 5.15. The monoisotopic (exact) mass is 140 g/mol. The highest BCUT2D eigenvalue weighted by Gasteiger charge is 2.13. The van der Waals surface area contributed by atoms with Crippen molar-refractivity contribution in [3.63, 3.8) is 0 Å². The van der Waals surface area contributed by atoms with Crippen LogP contribution in [0.4, 0.5) is 0 Å². The largest absolute Gasteiger partial charge is 0.159 e. The molecule has 1 fully saturated rings. The molecule has 0 N–H and O–H groups in total. The van der Waals surface area contributed by atoms with Gasteiger partial charge in [0.05, 0.1) is 0 Å². The fourth-order valence-electron chi connectivity index (χ4n) is 1.12. The first-order valence-electron chi connectivity index (χ1n) is 3.48. The van der Waals surface area contributed by atoms with Gasteiger partial charge >= 0.3 is 0 Å².